The summed E-state index contributed by atoms with van der Waals surface area (Å²) in [5.74, 6) is 1.48. The highest BCUT2D eigenvalue weighted by Crippen LogP contribution is 2.03. The lowest BCUT2D eigenvalue weighted by atomic mass is 10.2. The van der Waals surface area contributed by atoms with E-state index in [1.807, 2.05) is 6.92 Å². The van der Waals surface area contributed by atoms with E-state index in [1.165, 1.54) is 6.92 Å². The number of ether oxygens (including phenoxy) is 1. The first-order valence-corrected chi connectivity index (χ1v) is 5.78. The van der Waals surface area contributed by atoms with Gasteiger partial charge in [-0.05, 0) is 19.6 Å². The Kier molecular flexibility index (Phi) is 7.28. The first-order chi connectivity index (χ1) is 6.61. The molecule has 0 saturated carbocycles. The molecular weight excluding hydrogens is 202 g/mol. The summed E-state index contributed by atoms with van der Waals surface area (Å²) < 4.78 is 4.69. The number of ketones is 1. The van der Waals surface area contributed by atoms with Crippen molar-refractivity contribution in [3.05, 3.63) is 0 Å². The summed E-state index contributed by atoms with van der Waals surface area (Å²) in [6.45, 7) is 5.51. The van der Waals surface area contributed by atoms with Crippen LogP contribution in [0, 0.1) is 0 Å². The molecule has 82 valence electrons. The first-order valence-electron chi connectivity index (χ1n) is 4.63. The van der Waals surface area contributed by atoms with Crippen LogP contribution in [0.3, 0.4) is 0 Å². The first kappa shape index (κ1) is 13.3. The monoisotopic (exact) mass is 219 g/mol. The minimum atomic E-state index is -0.524. The summed E-state index contributed by atoms with van der Waals surface area (Å²) in [5, 5.41) is 2.52. The molecule has 0 radical (unpaired) electrons. The highest BCUT2D eigenvalue weighted by atomic mass is 32.2. The Morgan fingerprint density at radius 3 is 2.50 bits per heavy atom. The van der Waals surface area contributed by atoms with Gasteiger partial charge in [-0.25, -0.2) is 4.79 Å². The van der Waals surface area contributed by atoms with Crippen LogP contribution in [-0.4, -0.2) is 36.0 Å². The maximum absolute atomic E-state index is 11.1. The van der Waals surface area contributed by atoms with Crippen LogP contribution in [0.5, 0.6) is 0 Å². The number of alkyl carbamates (subject to hydrolysis) is 1. The molecule has 4 nitrogen and oxygen atoms in total. The van der Waals surface area contributed by atoms with Crippen molar-refractivity contribution >= 4 is 23.6 Å². The highest BCUT2D eigenvalue weighted by molar-refractivity contribution is 7.99. The molecule has 0 aliphatic heterocycles. The number of amides is 1. The van der Waals surface area contributed by atoms with Gasteiger partial charge in [0.1, 0.15) is 0 Å². The van der Waals surface area contributed by atoms with Gasteiger partial charge in [-0.1, -0.05) is 6.92 Å². The average molecular weight is 219 g/mol. The van der Waals surface area contributed by atoms with E-state index in [9.17, 15) is 9.59 Å². The highest BCUT2D eigenvalue weighted by Gasteiger charge is 2.16. The molecule has 0 aromatic heterocycles. The summed E-state index contributed by atoms with van der Waals surface area (Å²) in [7, 11) is 0. The van der Waals surface area contributed by atoms with Gasteiger partial charge >= 0.3 is 6.09 Å². The standard InChI is InChI=1S/C9H17NO3S/c1-4-13-9(12)10-8(7(3)11)6-14-5-2/h8H,4-6H2,1-3H3,(H,10,12). The fraction of sp³-hybridized carbons (Fsp3) is 0.778. The van der Waals surface area contributed by atoms with Gasteiger partial charge < -0.3 is 10.1 Å². The number of carbonyl (C=O) groups is 2. The Morgan fingerprint density at radius 1 is 1.43 bits per heavy atom. The Labute approximate surface area is 88.8 Å². The molecule has 14 heavy (non-hydrogen) atoms. The lowest BCUT2D eigenvalue weighted by Crippen LogP contribution is -2.41. The third-order valence-corrected chi connectivity index (χ3v) is 2.52. The Balaban J connectivity index is 3.95. The predicted octanol–water partition coefficient (Wildman–Crippen LogP) is 1.44. The van der Waals surface area contributed by atoms with Gasteiger partial charge in [0.25, 0.3) is 0 Å². The van der Waals surface area contributed by atoms with Crippen LogP contribution in [0.2, 0.25) is 0 Å². The van der Waals surface area contributed by atoms with Crippen molar-refractivity contribution in [3.63, 3.8) is 0 Å². The molecule has 5 heteroatoms. The lowest BCUT2D eigenvalue weighted by Gasteiger charge is -2.14. The number of hydrogen-bond acceptors (Lipinski definition) is 4. The van der Waals surface area contributed by atoms with Crippen LogP contribution in [-0.2, 0) is 9.53 Å². The van der Waals surface area contributed by atoms with Crippen LogP contribution >= 0.6 is 11.8 Å². The summed E-state index contributed by atoms with van der Waals surface area (Å²) in [6, 6.07) is -0.431. The topological polar surface area (TPSA) is 55.4 Å². The second-order valence-electron chi connectivity index (χ2n) is 2.69. The Hall–Kier alpha value is -0.710. The van der Waals surface area contributed by atoms with E-state index in [0.717, 1.165) is 5.75 Å². The van der Waals surface area contributed by atoms with Gasteiger partial charge in [-0.2, -0.15) is 11.8 Å². The summed E-state index contributed by atoms with van der Waals surface area (Å²) >= 11 is 1.61. The molecule has 0 aromatic rings. The molecule has 0 spiro atoms. The minimum absolute atomic E-state index is 0.0426. The van der Waals surface area contributed by atoms with E-state index in [1.54, 1.807) is 18.7 Å². The van der Waals surface area contributed by atoms with E-state index in [-0.39, 0.29) is 5.78 Å². The number of carbonyl (C=O) groups excluding carboxylic acids is 2. The molecule has 0 rings (SSSR count). The maximum atomic E-state index is 11.1. The van der Waals surface area contributed by atoms with Gasteiger partial charge in [0.2, 0.25) is 0 Å². The fourth-order valence-electron chi connectivity index (χ4n) is 0.811. The van der Waals surface area contributed by atoms with Gasteiger partial charge in [0.05, 0.1) is 12.6 Å². The second-order valence-corrected chi connectivity index (χ2v) is 4.01. The molecule has 1 amide bonds. The molecular formula is C9H17NO3S. The SMILES string of the molecule is CCOC(=O)NC(CSCC)C(C)=O. The van der Waals surface area contributed by atoms with E-state index in [4.69, 9.17) is 4.74 Å². The molecule has 0 bridgehead atoms. The zero-order valence-corrected chi connectivity index (χ0v) is 9.65. The van der Waals surface area contributed by atoms with Gasteiger partial charge in [-0.15, -0.1) is 0 Å². The Morgan fingerprint density at radius 2 is 2.07 bits per heavy atom. The predicted molar refractivity (Wildman–Crippen MR) is 57.6 cm³/mol. The quantitative estimate of drug-likeness (QED) is 0.734. The van der Waals surface area contributed by atoms with Gasteiger partial charge in [-0.3, -0.25) is 4.79 Å². The molecule has 0 saturated heterocycles. The van der Waals surface area contributed by atoms with Gasteiger partial charge in [0, 0.05) is 5.75 Å². The third-order valence-electron chi connectivity index (χ3n) is 1.55. The zero-order chi connectivity index (χ0) is 11.0. The van der Waals surface area contributed by atoms with Crippen LogP contribution in [0.25, 0.3) is 0 Å². The molecule has 0 heterocycles. The van der Waals surface area contributed by atoms with Crippen molar-refractivity contribution in [1.29, 1.82) is 0 Å². The number of thioether (sulfide) groups is 1. The van der Waals surface area contributed by atoms with Crippen LogP contribution in [0.1, 0.15) is 20.8 Å². The van der Waals surface area contributed by atoms with Crippen molar-refractivity contribution < 1.29 is 14.3 Å². The number of hydrogen-bond donors (Lipinski definition) is 1. The molecule has 1 unspecified atom stereocenters. The van der Waals surface area contributed by atoms with Crippen molar-refractivity contribution in [1.82, 2.24) is 5.32 Å². The third kappa shape index (κ3) is 5.85. The normalized spacial score (nSPS) is 11.9. The van der Waals surface area contributed by atoms with E-state index < -0.39 is 12.1 Å². The van der Waals surface area contributed by atoms with E-state index in [2.05, 4.69) is 5.32 Å². The van der Waals surface area contributed by atoms with Crippen LogP contribution < -0.4 is 5.32 Å². The average Bonchev–Trinajstić information content (AvgIpc) is 2.12. The molecule has 0 aliphatic carbocycles. The minimum Gasteiger partial charge on any atom is -0.450 e. The summed E-state index contributed by atoms with van der Waals surface area (Å²) in [5.41, 5.74) is 0. The van der Waals surface area contributed by atoms with E-state index >= 15 is 0 Å². The van der Waals surface area contributed by atoms with Crippen LogP contribution in [0.15, 0.2) is 0 Å². The maximum Gasteiger partial charge on any atom is 0.407 e. The second kappa shape index (κ2) is 7.67. The van der Waals surface area contributed by atoms with Crippen molar-refractivity contribution in [3.8, 4) is 0 Å². The lowest BCUT2D eigenvalue weighted by molar-refractivity contribution is -0.118. The van der Waals surface area contributed by atoms with Crippen molar-refractivity contribution in [2.75, 3.05) is 18.1 Å². The summed E-state index contributed by atoms with van der Waals surface area (Å²) in [6.07, 6.45) is -0.524. The summed E-state index contributed by atoms with van der Waals surface area (Å²) in [4.78, 5) is 22.1. The number of nitrogens with one attached hydrogen (secondary N) is 1. The largest absolute Gasteiger partial charge is 0.450 e. The Bertz CT molecular complexity index is 196. The number of rotatable bonds is 6. The van der Waals surface area contributed by atoms with Crippen molar-refractivity contribution in [2.45, 2.75) is 26.8 Å². The smallest absolute Gasteiger partial charge is 0.407 e. The number of Topliss-reactive ketones (excluding diaryl/α,β-unsaturated/α-hetero) is 1. The fourth-order valence-corrected chi connectivity index (χ4v) is 1.60. The van der Waals surface area contributed by atoms with Crippen molar-refractivity contribution in [2.24, 2.45) is 0 Å². The van der Waals surface area contributed by atoms with E-state index in [0.29, 0.717) is 12.4 Å². The van der Waals surface area contributed by atoms with Gasteiger partial charge in [0.15, 0.2) is 5.78 Å². The molecule has 0 fully saturated rings. The zero-order valence-electron chi connectivity index (χ0n) is 8.83. The van der Waals surface area contributed by atoms with Crippen LogP contribution in [0.4, 0.5) is 4.79 Å². The molecule has 1 atom stereocenters. The molecule has 0 aromatic carbocycles. The molecule has 1 N–H and O–H groups in total. The molecule has 0 aliphatic rings.